The minimum atomic E-state index is -1.06. The van der Waals surface area contributed by atoms with Crippen LogP contribution in [0.4, 0.5) is 14.5 Å². The minimum absolute atomic E-state index is 0.0310. The molecule has 1 amide bonds. The fraction of sp³-hybridized carbons (Fsp3) is 0.440. The molecule has 35 heavy (non-hydrogen) atoms. The summed E-state index contributed by atoms with van der Waals surface area (Å²) >= 11 is 0. The molecule has 8 nitrogen and oxygen atoms in total. The number of likely N-dealkylation sites (N-methyl/N-ethyl adjacent to an activating group) is 1. The van der Waals surface area contributed by atoms with Gasteiger partial charge in [-0.1, -0.05) is 0 Å². The first kappa shape index (κ1) is 24.9. The van der Waals surface area contributed by atoms with Gasteiger partial charge in [0.05, 0.1) is 26.2 Å². The number of aromatic amines is 1. The first-order valence-corrected chi connectivity index (χ1v) is 11.5. The smallest absolute Gasteiger partial charge is 0.237 e. The Balaban J connectivity index is 1.74. The van der Waals surface area contributed by atoms with Gasteiger partial charge in [-0.25, -0.2) is 13.8 Å². The van der Waals surface area contributed by atoms with Crippen LogP contribution >= 0.6 is 0 Å². The number of methoxy groups -OCH3 is 2. The second kappa shape index (κ2) is 9.79. The first-order valence-electron chi connectivity index (χ1n) is 11.5. The molecule has 4 rings (SSSR count). The molecule has 0 saturated heterocycles. The number of H-pyrrole nitrogens is 1. The number of halogens is 2. The van der Waals surface area contributed by atoms with Gasteiger partial charge in [-0.3, -0.25) is 4.79 Å². The normalized spacial score (nSPS) is 14.9. The Morgan fingerprint density at radius 3 is 2.43 bits per heavy atom. The van der Waals surface area contributed by atoms with E-state index < -0.39 is 28.6 Å². The SMILES string of the molecule is CNCCNCCc1cc2c3c(cnc2[nH]1)CN(c1c(F)c(OC)cc(OC)c1F)C(=O)C3(C)C. The Labute approximate surface area is 203 Å². The number of pyridine rings is 1. The van der Waals surface area contributed by atoms with Crippen LogP contribution in [0.3, 0.4) is 0 Å². The average molecular weight is 488 g/mol. The molecule has 3 aromatic rings. The third-order valence-electron chi connectivity index (χ3n) is 6.47. The molecule has 1 aliphatic heterocycles. The van der Waals surface area contributed by atoms with Crippen LogP contribution in [-0.2, 0) is 23.2 Å². The number of benzene rings is 1. The summed E-state index contributed by atoms with van der Waals surface area (Å²) in [6.45, 7) is 6.04. The third kappa shape index (κ3) is 4.32. The topological polar surface area (TPSA) is 91.5 Å². The Kier molecular flexibility index (Phi) is 6.95. The summed E-state index contributed by atoms with van der Waals surface area (Å²) in [5.74, 6) is -2.75. The van der Waals surface area contributed by atoms with Crippen molar-refractivity contribution in [1.82, 2.24) is 20.6 Å². The summed E-state index contributed by atoms with van der Waals surface area (Å²) in [6.07, 6.45) is 2.44. The zero-order chi connectivity index (χ0) is 25.3. The van der Waals surface area contributed by atoms with Gasteiger partial charge < -0.3 is 30.0 Å². The lowest BCUT2D eigenvalue weighted by Crippen LogP contribution is -2.48. The Bertz CT molecular complexity index is 1230. The van der Waals surface area contributed by atoms with Crippen molar-refractivity contribution < 1.29 is 23.0 Å². The van der Waals surface area contributed by atoms with Crippen LogP contribution in [0.5, 0.6) is 11.5 Å². The molecule has 188 valence electrons. The molecule has 10 heteroatoms. The lowest BCUT2D eigenvalue weighted by atomic mass is 9.76. The highest BCUT2D eigenvalue weighted by atomic mass is 19.1. The number of hydrogen-bond acceptors (Lipinski definition) is 6. The molecule has 0 aliphatic carbocycles. The van der Waals surface area contributed by atoms with Crippen LogP contribution in [-0.4, -0.2) is 56.8 Å². The fourth-order valence-corrected chi connectivity index (χ4v) is 4.70. The fourth-order valence-electron chi connectivity index (χ4n) is 4.70. The van der Waals surface area contributed by atoms with Crippen molar-refractivity contribution in [1.29, 1.82) is 0 Å². The van der Waals surface area contributed by atoms with Crippen molar-refractivity contribution in [2.24, 2.45) is 0 Å². The molecule has 3 heterocycles. The molecule has 2 aromatic heterocycles. The highest BCUT2D eigenvalue weighted by Gasteiger charge is 2.44. The first-order chi connectivity index (χ1) is 16.7. The van der Waals surface area contributed by atoms with Gasteiger partial charge in [0, 0.05) is 49.4 Å². The van der Waals surface area contributed by atoms with E-state index in [1.54, 1.807) is 20.0 Å². The second-order valence-corrected chi connectivity index (χ2v) is 9.09. The van der Waals surface area contributed by atoms with E-state index in [9.17, 15) is 4.79 Å². The number of fused-ring (bicyclic) bond motifs is 3. The van der Waals surface area contributed by atoms with Gasteiger partial charge in [0.1, 0.15) is 11.3 Å². The maximum absolute atomic E-state index is 15.2. The van der Waals surface area contributed by atoms with Gasteiger partial charge in [-0.05, 0) is 38.1 Å². The van der Waals surface area contributed by atoms with Gasteiger partial charge in [-0.15, -0.1) is 0 Å². The molecule has 0 saturated carbocycles. The second-order valence-electron chi connectivity index (χ2n) is 9.09. The Hall–Kier alpha value is -3.24. The molecule has 0 atom stereocenters. The number of rotatable bonds is 9. The van der Waals surface area contributed by atoms with Gasteiger partial charge in [0.25, 0.3) is 0 Å². The molecular formula is C25H31F2N5O3. The third-order valence-corrected chi connectivity index (χ3v) is 6.47. The molecule has 0 spiro atoms. The summed E-state index contributed by atoms with van der Waals surface area (Å²) in [7, 11) is 4.46. The summed E-state index contributed by atoms with van der Waals surface area (Å²) in [5.41, 5.74) is 1.66. The number of aromatic nitrogens is 2. The van der Waals surface area contributed by atoms with Crippen molar-refractivity contribution in [2.45, 2.75) is 32.2 Å². The van der Waals surface area contributed by atoms with E-state index in [1.165, 1.54) is 14.2 Å². The maximum atomic E-state index is 15.2. The summed E-state index contributed by atoms with van der Waals surface area (Å²) in [6, 6.07) is 3.14. The monoisotopic (exact) mass is 487 g/mol. The summed E-state index contributed by atoms with van der Waals surface area (Å²) in [5, 5.41) is 7.30. The number of amides is 1. The van der Waals surface area contributed by atoms with Gasteiger partial charge >= 0.3 is 0 Å². The number of nitrogens with zero attached hydrogens (tertiary/aromatic N) is 2. The van der Waals surface area contributed by atoms with Crippen LogP contribution in [0.25, 0.3) is 11.0 Å². The van der Waals surface area contributed by atoms with E-state index in [0.29, 0.717) is 5.65 Å². The lowest BCUT2D eigenvalue weighted by molar-refractivity contribution is -0.123. The number of carbonyl (C=O) groups excluding carboxylic acids is 1. The van der Waals surface area contributed by atoms with Gasteiger partial charge in [0.15, 0.2) is 23.1 Å². The molecule has 0 bridgehead atoms. The van der Waals surface area contributed by atoms with Crippen LogP contribution in [0.1, 0.15) is 30.7 Å². The van der Waals surface area contributed by atoms with E-state index in [-0.39, 0.29) is 18.0 Å². The Morgan fingerprint density at radius 1 is 1.11 bits per heavy atom. The van der Waals surface area contributed by atoms with Crippen molar-refractivity contribution in [3.63, 3.8) is 0 Å². The van der Waals surface area contributed by atoms with E-state index in [4.69, 9.17) is 9.47 Å². The molecular weight excluding hydrogens is 456 g/mol. The number of ether oxygens (including phenoxy) is 2. The molecule has 1 aromatic carbocycles. The van der Waals surface area contributed by atoms with E-state index in [2.05, 4.69) is 20.6 Å². The molecule has 0 radical (unpaired) electrons. The van der Waals surface area contributed by atoms with Crippen LogP contribution in [0.15, 0.2) is 18.3 Å². The van der Waals surface area contributed by atoms with Crippen molar-refractivity contribution >= 4 is 22.6 Å². The minimum Gasteiger partial charge on any atom is -0.493 e. The van der Waals surface area contributed by atoms with Crippen molar-refractivity contribution in [2.75, 3.05) is 45.8 Å². The zero-order valence-corrected chi connectivity index (χ0v) is 20.6. The maximum Gasteiger partial charge on any atom is 0.237 e. The van der Waals surface area contributed by atoms with Crippen molar-refractivity contribution in [3.8, 4) is 11.5 Å². The highest BCUT2D eigenvalue weighted by molar-refractivity contribution is 6.05. The van der Waals surface area contributed by atoms with E-state index in [1.807, 2.05) is 13.1 Å². The largest absolute Gasteiger partial charge is 0.493 e. The summed E-state index contributed by atoms with van der Waals surface area (Å²) < 4.78 is 40.6. The highest BCUT2D eigenvalue weighted by Crippen LogP contribution is 2.44. The van der Waals surface area contributed by atoms with Gasteiger partial charge in [0.2, 0.25) is 5.91 Å². The van der Waals surface area contributed by atoms with Crippen LogP contribution < -0.4 is 25.0 Å². The van der Waals surface area contributed by atoms with Gasteiger partial charge in [-0.2, -0.15) is 0 Å². The molecule has 1 aliphatic rings. The number of anilines is 1. The van der Waals surface area contributed by atoms with Crippen LogP contribution in [0.2, 0.25) is 0 Å². The van der Waals surface area contributed by atoms with E-state index >= 15 is 8.78 Å². The Morgan fingerprint density at radius 2 is 1.80 bits per heavy atom. The number of hydrogen-bond donors (Lipinski definition) is 3. The molecule has 0 unspecified atom stereocenters. The molecule has 3 N–H and O–H groups in total. The number of nitrogens with one attached hydrogen (secondary N) is 3. The van der Waals surface area contributed by atoms with E-state index in [0.717, 1.165) is 59.2 Å². The average Bonchev–Trinajstić information content (AvgIpc) is 3.25. The van der Waals surface area contributed by atoms with Crippen molar-refractivity contribution in [3.05, 3.63) is 46.8 Å². The lowest BCUT2D eigenvalue weighted by Gasteiger charge is -2.39. The number of carbonyl (C=O) groups is 1. The quantitative estimate of drug-likeness (QED) is 0.402. The standard InChI is InChI=1S/C25H31F2N5O3/c1-25(2)19-14(12-30-23-16(19)10-15(31-23)6-7-29-9-8-28-3)13-32(24(25)33)22-20(26)17(34-4)11-18(35-5)21(22)27/h10-12,28-29H,6-9,13H2,1-5H3,(H,30,31). The predicted octanol–water partition coefficient (Wildman–Crippen LogP) is 3.03. The predicted molar refractivity (Wildman–Crippen MR) is 130 cm³/mol. The van der Waals surface area contributed by atoms with Crippen LogP contribution in [0, 0.1) is 11.6 Å². The molecule has 0 fully saturated rings. The summed E-state index contributed by atoms with van der Waals surface area (Å²) in [4.78, 5) is 22.7. The zero-order valence-electron chi connectivity index (χ0n) is 20.6.